The average molecular weight is 341 g/mol. The Kier molecular flexibility index (Phi) is 5.71. The lowest BCUT2D eigenvalue weighted by Crippen LogP contribution is -2.31. The van der Waals surface area contributed by atoms with Gasteiger partial charge in [-0.15, -0.1) is 0 Å². The number of aryl methyl sites for hydroxylation is 2. The molecule has 0 atom stereocenters. The molecule has 0 unspecified atom stereocenters. The van der Waals surface area contributed by atoms with Crippen molar-refractivity contribution in [2.24, 2.45) is 10.8 Å². The normalized spacial score (nSPS) is 12.2. The lowest BCUT2D eigenvalue weighted by Gasteiger charge is -2.35. The molecule has 1 aromatic carbocycles. The van der Waals surface area contributed by atoms with Crippen molar-refractivity contribution in [2.75, 3.05) is 11.9 Å². The van der Waals surface area contributed by atoms with Crippen molar-refractivity contribution in [1.82, 2.24) is 9.97 Å². The minimum Gasteiger partial charge on any atom is -0.504 e. The summed E-state index contributed by atoms with van der Waals surface area (Å²) in [5.74, 6) is 0.760. The second kappa shape index (κ2) is 7.42. The molecule has 0 aliphatic carbocycles. The average Bonchev–Trinajstić information content (AvgIpc) is 2.50. The van der Waals surface area contributed by atoms with Crippen LogP contribution in [0.3, 0.4) is 0 Å². The summed E-state index contributed by atoms with van der Waals surface area (Å²) in [5.41, 5.74) is 2.90. The predicted octanol–water partition coefficient (Wildman–Crippen LogP) is 4.90. The molecule has 0 saturated carbocycles. The van der Waals surface area contributed by atoms with Crippen molar-refractivity contribution >= 4 is 5.95 Å². The van der Waals surface area contributed by atoms with E-state index < -0.39 is 0 Å². The van der Waals surface area contributed by atoms with Gasteiger partial charge < -0.3 is 10.4 Å². The maximum Gasteiger partial charge on any atom is 0.223 e. The molecule has 136 valence electrons. The summed E-state index contributed by atoms with van der Waals surface area (Å²) in [4.78, 5) is 8.66. The van der Waals surface area contributed by atoms with Gasteiger partial charge in [-0.1, -0.05) is 58.0 Å². The quantitative estimate of drug-likeness (QED) is 0.752. The van der Waals surface area contributed by atoms with Gasteiger partial charge in [0.1, 0.15) is 0 Å². The molecular weight excluding hydrogens is 310 g/mol. The Morgan fingerprint density at radius 3 is 2.04 bits per heavy atom. The molecule has 0 aliphatic rings. The summed E-state index contributed by atoms with van der Waals surface area (Å²) < 4.78 is 0. The summed E-state index contributed by atoms with van der Waals surface area (Å²) in [6.07, 6.45) is 2.14. The zero-order chi connectivity index (χ0) is 18.7. The smallest absolute Gasteiger partial charge is 0.223 e. The summed E-state index contributed by atoms with van der Waals surface area (Å²) in [5, 5.41) is 13.1. The number of aromatic hydroxyl groups is 1. The predicted molar refractivity (Wildman–Crippen MR) is 104 cm³/mol. The van der Waals surface area contributed by atoms with Crippen LogP contribution in [0, 0.1) is 24.7 Å². The second-order valence-corrected chi connectivity index (χ2v) is 8.59. The molecule has 2 aromatic rings. The number of benzene rings is 1. The zero-order valence-corrected chi connectivity index (χ0v) is 16.3. The number of rotatable bonds is 7. The van der Waals surface area contributed by atoms with Crippen LogP contribution in [0.5, 0.6) is 5.75 Å². The van der Waals surface area contributed by atoms with E-state index in [4.69, 9.17) is 0 Å². The Morgan fingerprint density at radius 1 is 0.920 bits per heavy atom. The summed E-state index contributed by atoms with van der Waals surface area (Å²) in [7, 11) is 0. The number of hydrogen-bond acceptors (Lipinski definition) is 4. The highest BCUT2D eigenvalue weighted by atomic mass is 16.3. The molecule has 1 aromatic heterocycles. The van der Waals surface area contributed by atoms with Crippen LogP contribution in [0.4, 0.5) is 5.95 Å². The van der Waals surface area contributed by atoms with E-state index in [0.29, 0.717) is 17.3 Å². The Morgan fingerprint density at radius 2 is 1.48 bits per heavy atom. The molecule has 2 rings (SSSR count). The van der Waals surface area contributed by atoms with Crippen LogP contribution in [0.1, 0.15) is 51.1 Å². The third kappa shape index (κ3) is 5.73. The van der Waals surface area contributed by atoms with Gasteiger partial charge in [-0.05, 0) is 43.1 Å². The zero-order valence-electron chi connectivity index (χ0n) is 16.3. The number of nitrogens with zero attached hydrogens (tertiary/aromatic N) is 2. The van der Waals surface area contributed by atoms with Crippen molar-refractivity contribution < 1.29 is 5.11 Å². The molecule has 2 N–H and O–H groups in total. The van der Waals surface area contributed by atoms with Crippen LogP contribution in [-0.4, -0.2) is 21.6 Å². The van der Waals surface area contributed by atoms with E-state index >= 15 is 0 Å². The standard InChI is InChI=1S/C21H31N3O/c1-15-18(25)16(2)24-19(23-15)22-14-21(5,6)13-20(3,4)12-17-10-8-7-9-11-17/h7-11,25H,12-14H2,1-6H3,(H,22,23,24). The Bertz CT molecular complexity index is 685. The Balaban J connectivity index is 1.99. The fourth-order valence-corrected chi connectivity index (χ4v) is 3.68. The van der Waals surface area contributed by atoms with Crippen LogP contribution >= 0.6 is 0 Å². The minimum atomic E-state index is 0.0985. The molecule has 0 radical (unpaired) electrons. The number of anilines is 1. The molecule has 0 fully saturated rings. The van der Waals surface area contributed by atoms with Crippen molar-refractivity contribution in [3.05, 3.63) is 47.3 Å². The lowest BCUT2D eigenvalue weighted by atomic mass is 9.72. The van der Waals surface area contributed by atoms with Gasteiger partial charge in [-0.25, -0.2) is 9.97 Å². The van der Waals surface area contributed by atoms with Crippen LogP contribution in [0.2, 0.25) is 0 Å². The highest BCUT2D eigenvalue weighted by molar-refractivity contribution is 5.37. The first-order chi connectivity index (χ1) is 11.6. The Hall–Kier alpha value is -2.10. The fraction of sp³-hybridized carbons (Fsp3) is 0.524. The van der Waals surface area contributed by atoms with Crippen molar-refractivity contribution in [1.29, 1.82) is 0 Å². The molecule has 4 nitrogen and oxygen atoms in total. The fourth-order valence-electron chi connectivity index (χ4n) is 3.68. The minimum absolute atomic E-state index is 0.0985. The van der Waals surface area contributed by atoms with Crippen molar-refractivity contribution in [3.63, 3.8) is 0 Å². The molecular formula is C21H31N3O. The first kappa shape index (κ1) is 19.2. The highest BCUT2D eigenvalue weighted by Crippen LogP contribution is 2.36. The Labute approximate surface area is 151 Å². The third-order valence-electron chi connectivity index (χ3n) is 4.44. The molecule has 1 heterocycles. The van der Waals surface area contributed by atoms with Gasteiger partial charge >= 0.3 is 0 Å². The van der Waals surface area contributed by atoms with E-state index in [-0.39, 0.29) is 16.6 Å². The van der Waals surface area contributed by atoms with Gasteiger partial charge in [0.05, 0.1) is 11.4 Å². The van der Waals surface area contributed by atoms with Crippen molar-refractivity contribution in [2.45, 2.75) is 54.4 Å². The number of hydrogen-bond donors (Lipinski definition) is 2. The molecule has 0 aliphatic heterocycles. The van der Waals surface area contributed by atoms with Gasteiger partial charge in [0.15, 0.2) is 5.75 Å². The van der Waals surface area contributed by atoms with Gasteiger partial charge in [-0.3, -0.25) is 0 Å². The largest absolute Gasteiger partial charge is 0.504 e. The van der Waals surface area contributed by atoms with Crippen LogP contribution < -0.4 is 5.32 Å². The van der Waals surface area contributed by atoms with E-state index in [1.54, 1.807) is 13.8 Å². The molecule has 0 bridgehead atoms. The number of aromatic nitrogens is 2. The first-order valence-corrected chi connectivity index (χ1v) is 8.90. The van der Waals surface area contributed by atoms with E-state index in [0.717, 1.165) is 19.4 Å². The van der Waals surface area contributed by atoms with E-state index in [9.17, 15) is 5.11 Å². The van der Waals surface area contributed by atoms with Gasteiger partial charge in [-0.2, -0.15) is 0 Å². The third-order valence-corrected chi connectivity index (χ3v) is 4.44. The lowest BCUT2D eigenvalue weighted by molar-refractivity contribution is 0.204. The van der Waals surface area contributed by atoms with Gasteiger partial charge in [0.2, 0.25) is 5.95 Å². The molecule has 0 spiro atoms. The first-order valence-electron chi connectivity index (χ1n) is 8.90. The van der Waals surface area contributed by atoms with Gasteiger partial charge in [0.25, 0.3) is 0 Å². The summed E-state index contributed by atoms with van der Waals surface area (Å²) in [6.45, 7) is 13.6. The highest BCUT2D eigenvalue weighted by Gasteiger charge is 2.29. The maximum absolute atomic E-state index is 9.80. The maximum atomic E-state index is 9.80. The molecule has 0 amide bonds. The molecule has 25 heavy (non-hydrogen) atoms. The summed E-state index contributed by atoms with van der Waals surface area (Å²) >= 11 is 0. The van der Waals surface area contributed by atoms with Crippen LogP contribution in [0.25, 0.3) is 0 Å². The monoisotopic (exact) mass is 341 g/mol. The van der Waals surface area contributed by atoms with Crippen LogP contribution in [-0.2, 0) is 6.42 Å². The van der Waals surface area contributed by atoms with E-state index in [2.05, 4.69) is 73.3 Å². The van der Waals surface area contributed by atoms with E-state index in [1.807, 2.05) is 0 Å². The van der Waals surface area contributed by atoms with E-state index in [1.165, 1.54) is 5.56 Å². The SMILES string of the molecule is Cc1nc(NCC(C)(C)CC(C)(C)Cc2ccccc2)nc(C)c1O. The van der Waals surface area contributed by atoms with Gasteiger partial charge in [0, 0.05) is 6.54 Å². The van der Waals surface area contributed by atoms with Crippen LogP contribution in [0.15, 0.2) is 30.3 Å². The molecule has 4 heteroatoms. The second-order valence-electron chi connectivity index (χ2n) is 8.59. The molecule has 0 saturated heterocycles. The number of nitrogens with one attached hydrogen (secondary N) is 1. The van der Waals surface area contributed by atoms with Crippen molar-refractivity contribution in [3.8, 4) is 5.75 Å². The topological polar surface area (TPSA) is 58.0 Å². The summed E-state index contributed by atoms with van der Waals surface area (Å²) in [6, 6.07) is 10.7.